The second kappa shape index (κ2) is 6.20. The van der Waals surface area contributed by atoms with E-state index in [1.807, 2.05) is 42.5 Å². The van der Waals surface area contributed by atoms with Gasteiger partial charge in [-0.3, -0.25) is 0 Å². The van der Waals surface area contributed by atoms with Crippen molar-refractivity contribution in [3.63, 3.8) is 0 Å². The predicted molar refractivity (Wildman–Crippen MR) is 98.9 cm³/mol. The van der Waals surface area contributed by atoms with Gasteiger partial charge < -0.3 is 9.97 Å². The Morgan fingerprint density at radius 3 is 1.28 bits per heavy atom. The van der Waals surface area contributed by atoms with Gasteiger partial charge in [-0.15, -0.1) is 0 Å². The summed E-state index contributed by atoms with van der Waals surface area (Å²) < 4.78 is 0. The van der Waals surface area contributed by atoms with Crippen LogP contribution in [0.1, 0.15) is 22.8 Å². The van der Waals surface area contributed by atoms with Gasteiger partial charge in [-0.25, -0.2) is 9.97 Å². The molecule has 0 atom stereocenters. The topological polar surface area (TPSA) is 57.4 Å². The number of H-pyrrole nitrogens is 2. The summed E-state index contributed by atoms with van der Waals surface area (Å²) in [5, 5.41) is 0. The molecule has 0 saturated carbocycles. The summed E-state index contributed by atoms with van der Waals surface area (Å²) in [6.07, 6.45) is 8.05. The van der Waals surface area contributed by atoms with Gasteiger partial charge in [0.25, 0.3) is 0 Å². The Hall–Kier alpha value is -2.88. The van der Waals surface area contributed by atoms with E-state index in [0.29, 0.717) is 0 Å². The summed E-state index contributed by atoms with van der Waals surface area (Å²) in [5.74, 6) is 0. The molecule has 2 N–H and O–H groups in total. The van der Waals surface area contributed by atoms with Gasteiger partial charge in [0.05, 0.1) is 22.8 Å². The minimum Gasteiger partial charge on any atom is -0.355 e. The van der Waals surface area contributed by atoms with Gasteiger partial charge in [0, 0.05) is 22.1 Å². The molecule has 0 aliphatic carbocycles. The van der Waals surface area contributed by atoms with Crippen molar-refractivity contribution in [2.24, 2.45) is 0 Å². The van der Waals surface area contributed by atoms with Crippen LogP contribution in [0.25, 0.3) is 46.4 Å². The number of rotatable bonds is 0. The maximum absolute atomic E-state index is 4.62. The summed E-state index contributed by atoms with van der Waals surface area (Å²) in [5.41, 5.74) is 7.86. The molecule has 25 heavy (non-hydrogen) atoms. The monoisotopic (exact) mass is 365 g/mol. The van der Waals surface area contributed by atoms with E-state index in [1.165, 1.54) is 0 Å². The number of hydrogen-bond acceptors (Lipinski definition) is 2. The molecule has 8 bridgehead atoms. The number of nitrogens with one attached hydrogen (secondary N) is 2. The summed E-state index contributed by atoms with van der Waals surface area (Å²) in [6, 6.07) is 16.4. The maximum atomic E-state index is 4.62. The minimum atomic E-state index is 0. The standard InChI is InChI=1S/C20H14N4.Mn/c1-2-14-10-16-5-6-18(23-16)12-20-8-7-19(24-20)11-17-4-3-15(22-17)9-13(1)21-14;/h1-12,21-22H;/q;+3. The first-order valence-corrected chi connectivity index (χ1v) is 7.85. The van der Waals surface area contributed by atoms with E-state index in [2.05, 4.69) is 50.3 Å². The van der Waals surface area contributed by atoms with Crippen LogP contribution in [-0.4, -0.2) is 19.9 Å². The molecule has 5 heterocycles. The van der Waals surface area contributed by atoms with Crippen molar-refractivity contribution in [3.05, 3.63) is 71.3 Å². The third-order valence-corrected chi connectivity index (χ3v) is 4.04. The molecule has 118 valence electrons. The van der Waals surface area contributed by atoms with E-state index in [9.17, 15) is 0 Å². The van der Waals surface area contributed by atoms with Crippen LogP contribution >= 0.6 is 0 Å². The zero-order valence-electron chi connectivity index (χ0n) is 13.2. The molecule has 0 fully saturated rings. The van der Waals surface area contributed by atoms with Gasteiger partial charge >= 0.3 is 17.1 Å². The fourth-order valence-electron chi connectivity index (χ4n) is 2.94. The first-order chi connectivity index (χ1) is 11.8. The Labute approximate surface area is 154 Å². The largest absolute Gasteiger partial charge is 3.00 e. The van der Waals surface area contributed by atoms with Gasteiger partial charge in [0.15, 0.2) is 0 Å². The predicted octanol–water partition coefficient (Wildman–Crippen LogP) is 4.65. The Morgan fingerprint density at radius 1 is 0.480 bits per heavy atom. The van der Waals surface area contributed by atoms with Gasteiger partial charge in [0.2, 0.25) is 0 Å². The number of fused-ring (bicyclic) bond motifs is 8. The van der Waals surface area contributed by atoms with Crippen LogP contribution in [0.15, 0.2) is 48.5 Å². The van der Waals surface area contributed by atoms with Crippen molar-refractivity contribution in [1.82, 2.24) is 19.9 Å². The smallest absolute Gasteiger partial charge is 0.355 e. The Balaban J connectivity index is 0.00000157. The molecular weight excluding hydrogens is 351 g/mol. The summed E-state index contributed by atoms with van der Waals surface area (Å²) >= 11 is 0. The number of aromatic nitrogens is 4. The third-order valence-electron chi connectivity index (χ3n) is 4.04. The Kier molecular flexibility index (Phi) is 3.88. The van der Waals surface area contributed by atoms with Crippen molar-refractivity contribution in [2.75, 3.05) is 0 Å². The molecule has 3 aromatic heterocycles. The fourth-order valence-corrected chi connectivity index (χ4v) is 2.94. The fraction of sp³-hybridized carbons (Fsp3) is 0. The molecule has 3 aromatic rings. The molecule has 2 aliphatic heterocycles. The summed E-state index contributed by atoms with van der Waals surface area (Å²) in [6.45, 7) is 0. The second-order valence-corrected chi connectivity index (χ2v) is 5.91. The van der Waals surface area contributed by atoms with Crippen molar-refractivity contribution in [2.45, 2.75) is 0 Å². The number of hydrogen-bond donors (Lipinski definition) is 2. The van der Waals surface area contributed by atoms with E-state index in [0.717, 1.165) is 44.8 Å². The number of aromatic amines is 2. The summed E-state index contributed by atoms with van der Waals surface area (Å²) in [4.78, 5) is 16.0. The van der Waals surface area contributed by atoms with Crippen molar-refractivity contribution < 1.29 is 17.1 Å². The van der Waals surface area contributed by atoms with Crippen LogP contribution in [-0.2, 0) is 17.1 Å². The zero-order valence-corrected chi connectivity index (χ0v) is 14.4. The Morgan fingerprint density at radius 2 is 0.840 bits per heavy atom. The molecular formula is C20H14MnN4+3. The molecule has 2 aliphatic rings. The van der Waals surface area contributed by atoms with Crippen LogP contribution in [0.5, 0.6) is 0 Å². The van der Waals surface area contributed by atoms with E-state index in [-0.39, 0.29) is 17.1 Å². The second-order valence-electron chi connectivity index (χ2n) is 5.91. The van der Waals surface area contributed by atoms with Crippen LogP contribution in [0.4, 0.5) is 0 Å². The molecule has 5 rings (SSSR count). The number of nitrogens with zero attached hydrogens (tertiary/aromatic N) is 2. The molecule has 0 spiro atoms. The average molecular weight is 365 g/mol. The average Bonchev–Trinajstić information content (AvgIpc) is 3.32. The van der Waals surface area contributed by atoms with Gasteiger partial charge in [-0.1, -0.05) is 0 Å². The van der Waals surface area contributed by atoms with Crippen LogP contribution < -0.4 is 0 Å². The van der Waals surface area contributed by atoms with Crippen molar-refractivity contribution >= 4 is 46.4 Å². The van der Waals surface area contributed by atoms with Crippen LogP contribution in [0, 0.1) is 0 Å². The normalized spacial score (nSPS) is 12.2. The molecule has 0 radical (unpaired) electrons. The molecule has 0 amide bonds. The minimum absolute atomic E-state index is 0. The van der Waals surface area contributed by atoms with E-state index in [1.54, 1.807) is 0 Å². The van der Waals surface area contributed by atoms with Crippen LogP contribution in [0.3, 0.4) is 0 Å². The maximum Gasteiger partial charge on any atom is 3.00 e. The van der Waals surface area contributed by atoms with E-state index >= 15 is 0 Å². The quantitative estimate of drug-likeness (QED) is 0.393. The molecule has 4 nitrogen and oxygen atoms in total. The van der Waals surface area contributed by atoms with Crippen molar-refractivity contribution in [3.8, 4) is 0 Å². The van der Waals surface area contributed by atoms with Gasteiger partial charge in [0.1, 0.15) is 0 Å². The van der Waals surface area contributed by atoms with Crippen LogP contribution in [0.2, 0.25) is 0 Å². The molecule has 5 heteroatoms. The molecule has 0 saturated heterocycles. The molecule has 0 unspecified atom stereocenters. The van der Waals surface area contributed by atoms with Gasteiger partial charge in [-0.05, 0) is 72.8 Å². The van der Waals surface area contributed by atoms with E-state index in [4.69, 9.17) is 0 Å². The first kappa shape index (κ1) is 15.6. The SMILES string of the molecule is C1=Cc2cc3ccc(cc4ccc(cc5nc(cc1n2)C=C5)[nH]4)[nH]3.[Mn+3]. The molecule has 0 aromatic carbocycles. The Bertz CT molecular complexity index is 1080. The van der Waals surface area contributed by atoms with Crippen molar-refractivity contribution in [1.29, 1.82) is 0 Å². The summed E-state index contributed by atoms with van der Waals surface area (Å²) in [7, 11) is 0. The van der Waals surface area contributed by atoms with Gasteiger partial charge in [-0.2, -0.15) is 0 Å². The first-order valence-electron chi connectivity index (χ1n) is 7.85. The third kappa shape index (κ3) is 3.20. The zero-order chi connectivity index (χ0) is 15.9. The van der Waals surface area contributed by atoms with E-state index < -0.39 is 0 Å².